The molecule has 0 heterocycles. The lowest BCUT2D eigenvalue weighted by Crippen LogP contribution is -2.49. The van der Waals surface area contributed by atoms with Crippen molar-refractivity contribution in [3.63, 3.8) is 0 Å². The van der Waals surface area contributed by atoms with E-state index in [0.717, 1.165) is 18.4 Å². The Morgan fingerprint density at radius 1 is 1.38 bits per heavy atom. The molecular formula is C17H24O4. The Hall–Kier alpha value is -1.38. The molecule has 0 amide bonds. The monoisotopic (exact) mass is 292 g/mol. The average molecular weight is 292 g/mol. The van der Waals surface area contributed by atoms with Gasteiger partial charge in [0.1, 0.15) is 24.4 Å². The van der Waals surface area contributed by atoms with E-state index in [9.17, 15) is 15.3 Å². The first kappa shape index (κ1) is 17.7. The number of allylic oxidation sites excluding steroid dienone is 3. The van der Waals surface area contributed by atoms with E-state index in [2.05, 4.69) is 24.5 Å². The number of methoxy groups -OCH3 is 1. The molecule has 4 nitrogen and oxygen atoms in total. The van der Waals surface area contributed by atoms with E-state index in [1.165, 1.54) is 18.8 Å². The maximum atomic E-state index is 9.97. The van der Waals surface area contributed by atoms with Gasteiger partial charge in [-0.1, -0.05) is 30.1 Å². The summed E-state index contributed by atoms with van der Waals surface area (Å²) in [6.07, 6.45) is 0.958. The van der Waals surface area contributed by atoms with Crippen LogP contribution in [0.2, 0.25) is 0 Å². The van der Waals surface area contributed by atoms with Gasteiger partial charge >= 0.3 is 0 Å². The van der Waals surface area contributed by atoms with Crippen molar-refractivity contribution in [3.8, 4) is 11.8 Å². The molecular weight excluding hydrogens is 268 g/mol. The summed E-state index contributed by atoms with van der Waals surface area (Å²) in [4.78, 5) is 0. The van der Waals surface area contributed by atoms with Crippen molar-refractivity contribution in [3.05, 3.63) is 35.5 Å². The van der Waals surface area contributed by atoms with Crippen LogP contribution in [-0.2, 0) is 4.74 Å². The molecule has 116 valence electrons. The van der Waals surface area contributed by atoms with Crippen LogP contribution in [0.3, 0.4) is 0 Å². The van der Waals surface area contributed by atoms with Gasteiger partial charge in [0.2, 0.25) is 0 Å². The number of aliphatic hydroxyl groups excluding tert-OH is 3. The fourth-order valence-electron chi connectivity index (χ4n) is 2.10. The van der Waals surface area contributed by atoms with Gasteiger partial charge in [-0.3, -0.25) is 0 Å². The quantitative estimate of drug-likeness (QED) is 0.540. The third-order valence-electron chi connectivity index (χ3n) is 3.32. The Kier molecular flexibility index (Phi) is 6.86. The molecule has 1 rings (SSSR count). The first-order valence-electron chi connectivity index (χ1n) is 6.98. The van der Waals surface area contributed by atoms with Crippen LogP contribution in [0.25, 0.3) is 0 Å². The maximum absolute atomic E-state index is 9.97. The van der Waals surface area contributed by atoms with Crippen LogP contribution in [0.4, 0.5) is 0 Å². The van der Waals surface area contributed by atoms with Crippen LogP contribution in [0.1, 0.15) is 26.7 Å². The van der Waals surface area contributed by atoms with E-state index in [-0.39, 0.29) is 0 Å². The first-order valence-corrected chi connectivity index (χ1v) is 6.98. The van der Waals surface area contributed by atoms with Gasteiger partial charge in [-0.15, -0.1) is 0 Å². The second-order valence-electron chi connectivity index (χ2n) is 5.42. The Labute approximate surface area is 126 Å². The molecule has 0 fully saturated rings. The minimum absolute atomic E-state index is 0.298. The predicted octanol–water partition coefficient (Wildman–Crippen LogP) is 1.33. The molecule has 0 unspecified atom stereocenters. The van der Waals surface area contributed by atoms with E-state index >= 15 is 0 Å². The number of aliphatic hydroxyl groups is 3. The Morgan fingerprint density at radius 3 is 2.62 bits per heavy atom. The molecule has 4 atom stereocenters. The second-order valence-corrected chi connectivity index (χ2v) is 5.42. The van der Waals surface area contributed by atoms with E-state index in [1.54, 1.807) is 0 Å². The zero-order chi connectivity index (χ0) is 16.0. The van der Waals surface area contributed by atoms with Crippen LogP contribution in [0.5, 0.6) is 0 Å². The Balaban J connectivity index is 2.72. The second kappa shape index (κ2) is 8.16. The van der Waals surface area contributed by atoms with Crippen LogP contribution in [-0.4, -0.2) is 46.8 Å². The molecule has 3 N–H and O–H groups in total. The zero-order valence-electron chi connectivity index (χ0n) is 12.8. The lowest BCUT2D eigenvalue weighted by Gasteiger charge is -2.32. The molecule has 0 aromatic carbocycles. The number of ether oxygens (including phenoxy) is 1. The highest BCUT2D eigenvalue weighted by Gasteiger charge is 2.37. The highest BCUT2D eigenvalue weighted by Crippen LogP contribution is 2.22. The molecule has 1 aliphatic rings. The van der Waals surface area contributed by atoms with Crippen LogP contribution >= 0.6 is 0 Å². The summed E-state index contributed by atoms with van der Waals surface area (Å²) in [6.45, 7) is 7.94. The summed E-state index contributed by atoms with van der Waals surface area (Å²) in [5.74, 6) is 5.65. The molecule has 0 spiro atoms. The minimum Gasteiger partial charge on any atom is -0.387 e. The highest BCUT2D eigenvalue weighted by molar-refractivity contribution is 5.41. The standard InChI is InChI=1S/C17H24O4/c1-11(2)6-5-7-12(3)8-9-13-10-14(18)17(21-4)16(20)15(13)19/h6,10,14-20H,3,5,7H2,1-2,4H3/t14-,15-,16-,17-/m0/s1. The van der Waals surface area contributed by atoms with Crippen molar-refractivity contribution >= 4 is 0 Å². The van der Waals surface area contributed by atoms with Gasteiger partial charge < -0.3 is 20.1 Å². The number of hydrogen-bond acceptors (Lipinski definition) is 4. The minimum atomic E-state index is -1.20. The summed E-state index contributed by atoms with van der Waals surface area (Å²) >= 11 is 0. The van der Waals surface area contributed by atoms with Gasteiger partial charge in [-0.05, 0) is 38.3 Å². The molecule has 4 heteroatoms. The van der Waals surface area contributed by atoms with Gasteiger partial charge in [0, 0.05) is 12.7 Å². The van der Waals surface area contributed by atoms with Crippen molar-refractivity contribution < 1.29 is 20.1 Å². The molecule has 0 aliphatic heterocycles. The average Bonchev–Trinajstić information content (AvgIpc) is 2.41. The van der Waals surface area contributed by atoms with Gasteiger partial charge in [-0.2, -0.15) is 0 Å². The fraction of sp³-hybridized carbons (Fsp3) is 0.529. The Morgan fingerprint density at radius 2 is 2.05 bits per heavy atom. The number of rotatable bonds is 4. The topological polar surface area (TPSA) is 69.9 Å². The van der Waals surface area contributed by atoms with E-state index in [0.29, 0.717) is 5.57 Å². The normalized spacial score (nSPS) is 28.2. The third-order valence-corrected chi connectivity index (χ3v) is 3.32. The predicted molar refractivity (Wildman–Crippen MR) is 82.5 cm³/mol. The SMILES string of the molecule is C=C(C#CC1=C[C@H](O)[C@H](OC)[C@@H](O)[C@H]1O)CCC=C(C)C. The molecule has 0 saturated heterocycles. The summed E-state index contributed by atoms with van der Waals surface area (Å²) in [5.41, 5.74) is 2.29. The van der Waals surface area contributed by atoms with E-state index in [1.807, 2.05) is 13.8 Å². The fourth-order valence-corrected chi connectivity index (χ4v) is 2.10. The molecule has 0 radical (unpaired) electrons. The van der Waals surface area contributed by atoms with Crippen LogP contribution < -0.4 is 0 Å². The smallest absolute Gasteiger partial charge is 0.115 e. The third kappa shape index (κ3) is 5.14. The van der Waals surface area contributed by atoms with Crippen molar-refractivity contribution in [1.82, 2.24) is 0 Å². The van der Waals surface area contributed by atoms with Crippen molar-refractivity contribution in [2.24, 2.45) is 0 Å². The Bertz CT molecular complexity index is 489. The lowest BCUT2D eigenvalue weighted by molar-refractivity contribution is -0.108. The van der Waals surface area contributed by atoms with Gasteiger partial charge in [0.25, 0.3) is 0 Å². The van der Waals surface area contributed by atoms with Gasteiger partial charge in [-0.25, -0.2) is 0 Å². The zero-order valence-corrected chi connectivity index (χ0v) is 12.8. The lowest BCUT2D eigenvalue weighted by atomic mass is 9.89. The largest absolute Gasteiger partial charge is 0.387 e. The number of hydrogen-bond donors (Lipinski definition) is 3. The molecule has 21 heavy (non-hydrogen) atoms. The molecule has 0 aromatic rings. The van der Waals surface area contributed by atoms with Gasteiger partial charge in [0.05, 0.1) is 0 Å². The summed E-state index contributed by atoms with van der Waals surface area (Å²) in [6, 6.07) is 0. The maximum Gasteiger partial charge on any atom is 0.115 e. The molecule has 0 aromatic heterocycles. The van der Waals surface area contributed by atoms with E-state index < -0.39 is 24.4 Å². The molecule has 1 aliphatic carbocycles. The summed E-state index contributed by atoms with van der Waals surface area (Å²) < 4.78 is 4.96. The van der Waals surface area contributed by atoms with Crippen molar-refractivity contribution in [2.45, 2.75) is 51.1 Å². The first-order chi connectivity index (χ1) is 9.86. The van der Waals surface area contributed by atoms with Crippen molar-refractivity contribution in [1.29, 1.82) is 0 Å². The highest BCUT2D eigenvalue weighted by atomic mass is 16.5. The molecule has 0 saturated carbocycles. The summed E-state index contributed by atoms with van der Waals surface area (Å²) in [5, 5.41) is 29.7. The van der Waals surface area contributed by atoms with E-state index in [4.69, 9.17) is 4.74 Å². The summed E-state index contributed by atoms with van der Waals surface area (Å²) in [7, 11) is 1.37. The van der Waals surface area contributed by atoms with Crippen molar-refractivity contribution in [2.75, 3.05) is 7.11 Å². The molecule has 0 bridgehead atoms. The van der Waals surface area contributed by atoms with Crippen LogP contribution in [0.15, 0.2) is 35.5 Å². The van der Waals surface area contributed by atoms with Crippen LogP contribution in [0, 0.1) is 11.8 Å². The van der Waals surface area contributed by atoms with Gasteiger partial charge in [0.15, 0.2) is 0 Å².